The molecule has 1 saturated carbocycles. The van der Waals surface area contributed by atoms with E-state index in [9.17, 15) is 4.79 Å². The number of carbonyl (C=O) groups is 1. The average molecular weight is 198 g/mol. The Labute approximate surface area is 87.0 Å². The Kier molecular flexibility index (Phi) is 5.16. The SMILES string of the molecule is CCOC(C)C(=O)C1CCCCCC1. The number of hydrogen-bond donors (Lipinski definition) is 0. The van der Waals surface area contributed by atoms with Gasteiger partial charge in [-0.05, 0) is 26.7 Å². The first-order chi connectivity index (χ1) is 6.75. The van der Waals surface area contributed by atoms with Crippen LogP contribution in [0.15, 0.2) is 0 Å². The summed E-state index contributed by atoms with van der Waals surface area (Å²) in [6, 6.07) is 0. The molecule has 14 heavy (non-hydrogen) atoms. The Hall–Kier alpha value is -0.370. The molecule has 82 valence electrons. The third kappa shape index (κ3) is 3.41. The van der Waals surface area contributed by atoms with E-state index in [-0.39, 0.29) is 12.0 Å². The van der Waals surface area contributed by atoms with Gasteiger partial charge in [0.05, 0.1) is 0 Å². The van der Waals surface area contributed by atoms with Crippen LogP contribution in [0.3, 0.4) is 0 Å². The van der Waals surface area contributed by atoms with E-state index >= 15 is 0 Å². The fourth-order valence-electron chi connectivity index (χ4n) is 2.23. The largest absolute Gasteiger partial charge is 0.371 e. The molecular weight excluding hydrogens is 176 g/mol. The van der Waals surface area contributed by atoms with E-state index in [1.165, 1.54) is 25.7 Å². The van der Waals surface area contributed by atoms with Gasteiger partial charge in [0.25, 0.3) is 0 Å². The van der Waals surface area contributed by atoms with Gasteiger partial charge in [-0.25, -0.2) is 0 Å². The molecule has 0 amide bonds. The van der Waals surface area contributed by atoms with Gasteiger partial charge in [-0.3, -0.25) is 4.79 Å². The molecule has 0 aromatic heterocycles. The van der Waals surface area contributed by atoms with Gasteiger partial charge in [-0.1, -0.05) is 25.7 Å². The van der Waals surface area contributed by atoms with Crippen LogP contribution in [0, 0.1) is 5.92 Å². The van der Waals surface area contributed by atoms with E-state index < -0.39 is 0 Å². The topological polar surface area (TPSA) is 26.3 Å². The second kappa shape index (κ2) is 6.18. The Morgan fingerprint density at radius 3 is 2.36 bits per heavy atom. The minimum absolute atomic E-state index is 0.192. The molecule has 1 atom stereocenters. The molecule has 0 aromatic rings. The molecule has 0 N–H and O–H groups in total. The molecular formula is C12H22O2. The van der Waals surface area contributed by atoms with Gasteiger partial charge < -0.3 is 4.74 Å². The van der Waals surface area contributed by atoms with Crippen molar-refractivity contribution in [2.75, 3.05) is 6.61 Å². The molecule has 1 fully saturated rings. The molecule has 1 aliphatic rings. The van der Waals surface area contributed by atoms with E-state index in [0.717, 1.165) is 12.8 Å². The van der Waals surface area contributed by atoms with Crippen molar-refractivity contribution in [3.8, 4) is 0 Å². The van der Waals surface area contributed by atoms with Gasteiger partial charge >= 0.3 is 0 Å². The predicted octanol–water partition coefficient (Wildman–Crippen LogP) is 2.95. The lowest BCUT2D eigenvalue weighted by atomic mass is 9.93. The lowest BCUT2D eigenvalue weighted by Crippen LogP contribution is -2.28. The predicted molar refractivity (Wildman–Crippen MR) is 57.3 cm³/mol. The molecule has 0 heterocycles. The first kappa shape index (κ1) is 11.7. The smallest absolute Gasteiger partial charge is 0.164 e. The summed E-state index contributed by atoms with van der Waals surface area (Å²) in [5, 5.41) is 0. The lowest BCUT2D eigenvalue weighted by Gasteiger charge is -2.17. The monoisotopic (exact) mass is 198 g/mol. The molecule has 2 heteroatoms. The number of hydrogen-bond acceptors (Lipinski definition) is 2. The van der Waals surface area contributed by atoms with Crippen LogP contribution in [-0.2, 0) is 9.53 Å². The van der Waals surface area contributed by atoms with Gasteiger partial charge in [0.1, 0.15) is 6.10 Å². The van der Waals surface area contributed by atoms with Crippen molar-refractivity contribution < 1.29 is 9.53 Å². The first-order valence-corrected chi connectivity index (χ1v) is 5.91. The van der Waals surface area contributed by atoms with Crippen molar-refractivity contribution in [3.63, 3.8) is 0 Å². The van der Waals surface area contributed by atoms with Crippen molar-refractivity contribution in [2.45, 2.75) is 58.5 Å². The van der Waals surface area contributed by atoms with E-state index in [1.54, 1.807) is 0 Å². The zero-order valence-electron chi connectivity index (χ0n) is 9.42. The van der Waals surface area contributed by atoms with Gasteiger partial charge in [0.15, 0.2) is 5.78 Å². The fourth-order valence-corrected chi connectivity index (χ4v) is 2.23. The highest BCUT2D eigenvalue weighted by Gasteiger charge is 2.24. The van der Waals surface area contributed by atoms with Gasteiger partial charge in [-0.2, -0.15) is 0 Å². The van der Waals surface area contributed by atoms with E-state index in [4.69, 9.17) is 4.74 Å². The Morgan fingerprint density at radius 1 is 1.29 bits per heavy atom. The number of carbonyl (C=O) groups excluding carboxylic acids is 1. The molecule has 1 rings (SSSR count). The van der Waals surface area contributed by atoms with Gasteiger partial charge in [0, 0.05) is 12.5 Å². The van der Waals surface area contributed by atoms with Crippen molar-refractivity contribution in [1.82, 2.24) is 0 Å². The molecule has 1 aliphatic carbocycles. The summed E-state index contributed by atoms with van der Waals surface area (Å²) in [5.74, 6) is 0.604. The van der Waals surface area contributed by atoms with Crippen LogP contribution in [0.1, 0.15) is 52.4 Å². The van der Waals surface area contributed by atoms with Crippen LogP contribution in [-0.4, -0.2) is 18.5 Å². The van der Waals surface area contributed by atoms with Crippen LogP contribution >= 0.6 is 0 Å². The molecule has 1 unspecified atom stereocenters. The van der Waals surface area contributed by atoms with E-state index in [1.807, 2.05) is 13.8 Å². The first-order valence-electron chi connectivity index (χ1n) is 5.91. The molecule has 0 radical (unpaired) electrons. The number of ketones is 1. The van der Waals surface area contributed by atoms with Crippen LogP contribution in [0.4, 0.5) is 0 Å². The summed E-state index contributed by atoms with van der Waals surface area (Å²) in [4.78, 5) is 11.9. The third-order valence-electron chi connectivity index (χ3n) is 3.07. The summed E-state index contributed by atoms with van der Waals surface area (Å²) < 4.78 is 5.35. The zero-order chi connectivity index (χ0) is 10.4. The molecule has 2 nitrogen and oxygen atoms in total. The highest BCUT2D eigenvalue weighted by molar-refractivity contribution is 5.85. The summed E-state index contributed by atoms with van der Waals surface area (Å²) in [7, 11) is 0. The molecule has 0 aliphatic heterocycles. The summed E-state index contributed by atoms with van der Waals surface area (Å²) >= 11 is 0. The molecule has 0 saturated heterocycles. The summed E-state index contributed by atoms with van der Waals surface area (Å²) in [6.45, 7) is 4.47. The van der Waals surface area contributed by atoms with Crippen LogP contribution < -0.4 is 0 Å². The second-order valence-corrected chi connectivity index (χ2v) is 4.19. The van der Waals surface area contributed by atoms with Crippen molar-refractivity contribution in [2.24, 2.45) is 5.92 Å². The van der Waals surface area contributed by atoms with Crippen molar-refractivity contribution in [1.29, 1.82) is 0 Å². The maximum atomic E-state index is 11.9. The standard InChI is InChI=1S/C12H22O2/c1-3-14-10(2)12(13)11-8-6-4-5-7-9-11/h10-11H,3-9H2,1-2H3. The minimum Gasteiger partial charge on any atom is -0.371 e. The molecule has 0 aromatic carbocycles. The maximum Gasteiger partial charge on any atom is 0.164 e. The zero-order valence-corrected chi connectivity index (χ0v) is 9.42. The normalized spacial score (nSPS) is 21.6. The van der Waals surface area contributed by atoms with E-state index in [2.05, 4.69) is 0 Å². The minimum atomic E-state index is -0.192. The number of rotatable bonds is 4. The lowest BCUT2D eigenvalue weighted by molar-refractivity contribution is -0.133. The van der Waals surface area contributed by atoms with Crippen LogP contribution in [0.2, 0.25) is 0 Å². The Bertz CT molecular complexity index is 169. The fraction of sp³-hybridized carbons (Fsp3) is 0.917. The highest BCUT2D eigenvalue weighted by Crippen LogP contribution is 2.24. The van der Waals surface area contributed by atoms with Crippen molar-refractivity contribution >= 4 is 5.78 Å². The Balaban J connectivity index is 2.40. The average Bonchev–Trinajstić information content (AvgIpc) is 2.45. The highest BCUT2D eigenvalue weighted by atomic mass is 16.5. The molecule has 0 bridgehead atoms. The Morgan fingerprint density at radius 2 is 1.86 bits per heavy atom. The number of ether oxygens (including phenoxy) is 1. The van der Waals surface area contributed by atoms with Crippen molar-refractivity contribution in [3.05, 3.63) is 0 Å². The van der Waals surface area contributed by atoms with Gasteiger partial charge in [-0.15, -0.1) is 0 Å². The number of Topliss-reactive ketones (excluding diaryl/α,β-unsaturated/α-hetero) is 1. The van der Waals surface area contributed by atoms with Crippen LogP contribution in [0.5, 0.6) is 0 Å². The van der Waals surface area contributed by atoms with Gasteiger partial charge in [0.2, 0.25) is 0 Å². The second-order valence-electron chi connectivity index (χ2n) is 4.19. The molecule has 0 spiro atoms. The van der Waals surface area contributed by atoms with E-state index in [0.29, 0.717) is 12.4 Å². The quantitative estimate of drug-likeness (QED) is 0.649. The third-order valence-corrected chi connectivity index (χ3v) is 3.07. The summed E-state index contributed by atoms with van der Waals surface area (Å²) in [6.07, 6.45) is 7.00. The maximum absolute atomic E-state index is 11.9. The summed E-state index contributed by atoms with van der Waals surface area (Å²) in [5.41, 5.74) is 0. The van der Waals surface area contributed by atoms with Crippen LogP contribution in [0.25, 0.3) is 0 Å².